The largest absolute Gasteiger partial charge is 0.350 e. The number of nitrogens with one attached hydrogen (secondary N) is 2. The zero-order chi connectivity index (χ0) is 19.5. The molecule has 4 aromatic rings. The summed E-state index contributed by atoms with van der Waals surface area (Å²) in [5, 5.41) is 7.20. The van der Waals surface area contributed by atoms with Gasteiger partial charge in [0.15, 0.2) is 5.65 Å². The molecule has 0 aliphatic heterocycles. The maximum absolute atomic E-state index is 12.6. The van der Waals surface area contributed by atoms with Crippen LogP contribution in [0.25, 0.3) is 16.7 Å². The number of pyridine rings is 1. The first-order valence-corrected chi connectivity index (χ1v) is 10.3. The fourth-order valence-corrected chi connectivity index (χ4v) is 3.57. The zero-order valence-corrected chi connectivity index (χ0v) is 16.1. The molecule has 0 fully saturated rings. The fourth-order valence-electron chi connectivity index (χ4n) is 3.10. The van der Waals surface area contributed by atoms with E-state index in [9.17, 15) is 9.59 Å². The quantitative estimate of drug-likeness (QED) is 0.498. The number of H-pyrrole nitrogens is 1. The fraction of sp³-hybridized carbons (Fsp3) is 0.263. The normalized spacial score (nSPS) is 12.5. The van der Waals surface area contributed by atoms with Crippen LogP contribution in [-0.4, -0.2) is 42.1 Å². The molecule has 144 valence electrons. The van der Waals surface area contributed by atoms with Crippen molar-refractivity contribution in [2.45, 2.75) is 19.0 Å². The van der Waals surface area contributed by atoms with Crippen molar-refractivity contribution >= 4 is 34.3 Å². The standard InChI is InChI=1S/C19H20N6O2S/c1-28-11-9-15(18-21-13-6-2-3-7-14(13)22-18)20-17(26)12-25-19(27)24-10-5-4-8-16(24)23-25/h2-8,10,15H,9,11-12H2,1H3,(H,20,26)(H,21,22)/t15-/m0/s1. The summed E-state index contributed by atoms with van der Waals surface area (Å²) in [5.41, 5.74) is 1.96. The Bertz CT molecular complexity index is 1140. The third kappa shape index (κ3) is 3.65. The van der Waals surface area contributed by atoms with Gasteiger partial charge in [0, 0.05) is 6.20 Å². The summed E-state index contributed by atoms with van der Waals surface area (Å²) in [6.45, 7) is -0.142. The molecule has 0 saturated carbocycles. The lowest BCUT2D eigenvalue weighted by Crippen LogP contribution is -2.35. The first-order chi connectivity index (χ1) is 13.7. The number of thioether (sulfide) groups is 1. The lowest BCUT2D eigenvalue weighted by Gasteiger charge is -2.16. The highest BCUT2D eigenvalue weighted by molar-refractivity contribution is 7.98. The molecule has 0 aliphatic rings. The number of fused-ring (bicyclic) bond motifs is 2. The molecule has 3 aromatic heterocycles. The number of para-hydroxylation sites is 2. The smallest absolute Gasteiger partial charge is 0.345 e. The Morgan fingerprint density at radius 1 is 1.25 bits per heavy atom. The van der Waals surface area contributed by atoms with E-state index >= 15 is 0 Å². The molecule has 0 spiro atoms. The van der Waals surface area contributed by atoms with E-state index in [2.05, 4.69) is 20.4 Å². The van der Waals surface area contributed by atoms with E-state index < -0.39 is 0 Å². The van der Waals surface area contributed by atoms with Gasteiger partial charge in [-0.1, -0.05) is 18.2 Å². The van der Waals surface area contributed by atoms with Crippen molar-refractivity contribution in [3.05, 3.63) is 65.0 Å². The van der Waals surface area contributed by atoms with Crippen LogP contribution in [0.4, 0.5) is 0 Å². The molecular weight excluding hydrogens is 376 g/mol. The van der Waals surface area contributed by atoms with Crippen LogP contribution in [0.5, 0.6) is 0 Å². The van der Waals surface area contributed by atoms with Gasteiger partial charge in [0.1, 0.15) is 12.4 Å². The number of aromatic amines is 1. The topological polar surface area (TPSA) is 97.1 Å². The SMILES string of the molecule is CSCC[C@H](NC(=O)Cn1nc2ccccn2c1=O)c1nc2ccccc2[nH]1. The van der Waals surface area contributed by atoms with Crippen molar-refractivity contribution in [2.75, 3.05) is 12.0 Å². The van der Waals surface area contributed by atoms with Crippen LogP contribution in [0, 0.1) is 0 Å². The van der Waals surface area contributed by atoms with Gasteiger partial charge in [-0.2, -0.15) is 11.8 Å². The van der Waals surface area contributed by atoms with Gasteiger partial charge in [0.25, 0.3) is 0 Å². The van der Waals surface area contributed by atoms with Crippen LogP contribution in [0.15, 0.2) is 53.5 Å². The molecule has 9 heteroatoms. The summed E-state index contributed by atoms with van der Waals surface area (Å²) in [5.74, 6) is 1.30. The van der Waals surface area contributed by atoms with E-state index in [1.54, 1.807) is 36.2 Å². The molecule has 8 nitrogen and oxygen atoms in total. The predicted octanol–water partition coefficient (Wildman–Crippen LogP) is 1.98. The van der Waals surface area contributed by atoms with Crippen molar-refractivity contribution in [3.63, 3.8) is 0 Å². The van der Waals surface area contributed by atoms with E-state index in [-0.39, 0.29) is 24.2 Å². The molecule has 1 atom stereocenters. The number of aromatic nitrogens is 5. The highest BCUT2D eigenvalue weighted by Gasteiger charge is 2.19. The molecule has 3 heterocycles. The molecule has 0 bridgehead atoms. The first-order valence-electron chi connectivity index (χ1n) is 8.93. The molecule has 0 unspecified atom stereocenters. The summed E-state index contributed by atoms with van der Waals surface area (Å²) in [6, 6.07) is 12.8. The van der Waals surface area contributed by atoms with Gasteiger partial charge in [-0.15, -0.1) is 5.10 Å². The first kappa shape index (κ1) is 18.3. The highest BCUT2D eigenvalue weighted by atomic mass is 32.2. The summed E-state index contributed by atoms with van der Waals surface area (Å²) in [4.78, 5) is 32.9. The Kier molecular flexibility index (Phi) is 5.16. The van der Waals surface area contributed by atoms with Gasteiger partial charge >= 0.3 is 5.69 Å². The molecule has 1 aromatic carbocycles. The van der Waals surface area contributed by atoms with E-state index in [1.807, 2.05) is 30.5 Å². The number of hydrogen-bond donors (Lipinski definition) is 2. The minimum absolute atomic E-state index is 0.142. The average molecular weight is 396 g/mol. The lowest BCUT2D eigenvalue weighted by molar-refractivity contribution is -0.122. The third-order valence-electron chi connectivity index (χ3n) is 4.47. The van der Waals surface area contributed by atoms with Crippen LogP contribution in [-0.2, 0) is 11.3 Å². The summed E-state index contributed by atoms with van der Waals surface area (Å²) < 4.78 is 2.59. The van der Waals surface area contributed by atoms with Gasteiger partial charge in [0.05, 0.1) is 17.1 Å². The van der Waals surface area contributed by atoms with Crippen molar-refractivity contribution in [2.24, 2.45) is 0 Å². The predicted molar refractivity (Wildman–Crippen MR) is 109 cm³/mol. The van der Waals surface area contributed by atoms with E-state index in [0.717, 1.165) is 23.2 Å². The van der Waals surface area contributed by atoms with Crippen LogP contribution >= 0.6 is 11.8 Å². The maximum Gasteiger partial charge on any atom is 0.350 e. The Labute approximate surface area is 165 Å². The monoisotopic (exact) mass is 396 g/mol. The molecule has 0 saturated heterocycles. The molecule has 2 N–H and O–H groups in total. The van der Waals surface area contributed by atoms with Gasteiger partial charge in [0.2, 0.25) is 5.91 Å². The maximum atomic E-state index is 12.6. The number of hydrogen-bond acceptors (Lipinski definition) is 5. The second-order valence-electron chi connectivity index (χ2n) is 6.41. The van der Waals surface area contributed by atoms with Gasteiger partial charge in [-0.05, 0) is 42.7 Å². The summed E-state index contributed by atoms with van der Waals surface area (Å²) in [7, 11) is 0. The van der Waals surface area contributed by atoms with Gasteiger partial charge in [-0.25, -0.2) is 14.5 Å². The third-order valence-corrected chi connectivity index (χ3v) is 5.11. The van der Waals surface area contributed by atoms with Crippen molar-refractivity contribution in [1.82, 2.24) is 29.5 Å². The number of carbonyl (C=O) groups is 1. The summed E-state index contributed by atoms with van der Waals surface area (Å²) >= 11 is 1.70. The minimum atomic E-state index is -0.338. The number of amides is 1. The Balaban J connectivity index is 1.54. The van der Waals surface area contributed by atoms with Crippen LogP contribution in [0.1, 0.15) is 18.3 Å². The summed E-state index contributed by atoms with van der Waals surface area (Å²) in [6.07, 6.45) is 4.38. The Morgan fingerprint density at radius 3 is 2.86 bits per heavy atom. The molecule has 0 radical (unpaired) electrons. The second kappa shape index (κ2) is 7.89. The van der Waals surface area contributed by atoms with E-state index in [0.29, 0.717) is 11.5 Å². The minimum Gasteiger partial charge on any atom is -0.345 e. The van der Waals surface area contributed by atoms with Crippen molar-refractivity contribution in [1.29, 1.82) is 0 Å². The van der Waals surface area contributed by atoms with E-state index in [1.165, 1.54) is 9.08 Å². The number of benzene rings is 1. The molecule has 4 rings (SSSR count). The number of carbonyl (C=O) groups excluding carboxylic acids is 1. The molecule has 0 aliphatic carbocycles. The van der Waals surface area contributed by atoms with Crippen LogP contribution < -0.4 is 11.0 Å². The highest BCUT2D eigenvalue weighted by Crippen LogP contribution is 2.20. The Morgan fingerprint density at radius 2 is 2.07 bits per heavy atom. The lowest BCUT2D eigenvalue weighted by atomic mass is 10.2. The average Bonchev–Trinajstić information content (AvgIpc) is 3.27. The van der Waals surface area contributed by atoms with Crippen molar-refractivity contribution in [3.8, 4) is 0 Å². The number of nitrogens with zero attached hydrogens (tertiary/aromatic N) is 4. The van der Waals surface area contributed by atoms with Crippen LogP contribution in [0.3, 0.4) is 0 Å². The number of rotatable bonds is 7. The van der Waals surface area contributed by atoms with Gasteiger partial charge in [-0.3, -0.25) is 9.20 Å². The van der Waals surface area contributed by atoms with Gasteiger partial charge < -0.3 is 10.3 Å². The molecule has 28 heavy (non-hydrogen) atoms. The number of imidazole rings is 1. The second-order valence-corrected chi connectivity index (χ2v) is 7.40. The van der Waals surface area contributed by atoms with E-state index in [4.69, 9.17) is 0 Å². The molecular formula is C19H20N6O2S. The zero-order valence-electron chi connectivity index (χ0n) is 15.3. The Hall–Kier alpha value is -3.07. The van der Waals surface area contributed by atoms with Crippen LogP contribution in [0.2, 0.25) is 0 Å². The molecule has 1 amide bonds. The van der Waals surface area contributed by atoms with Crippen molar-refractivity contribution < 1.29 is 4.79 Å².